The molecule has 0 radical (unpaired) electrons. The first-order valence-corrected chi connectivity index (χ1v) is 4.25. The molecule has 72 valence electrons. The number of benzene rings is 1. The summed E-state index contributed by atoms with van der Waals surface area (Å²) in [6.07, 6.45) is -0.797. The Morgan fingerprint density at radius 2 is 2.15 bits per heavy atom. The average Bonchev–Trinajstić information content (AvgIpc) is 2.10. The lowest BCUT2D eigenvalue weighted by Gasteiger charge is -2.07. The van der Waals surface area contributed by atoms with Gasteiger partial charge in [-0.25, -0.2) is 8.78 Å². The summed E-state index contributed by atoms with van der Waals surface area (Å²) in [5.74, 6) is -0.302. The zero-order chi connectivity index (χ0) is 9.84. The Morgan fingerprint density at radius 1 is 1.46 bits per heavy atom. The van der Waals surface area contributed by atoms with Crippen molar-refractivity contribution in [2.24, 2.45) is 5.73 Å². The highest BCUT2D eigenvalue weighted by Crippen LogP contribution is 2.22. The van der Waals surface area contributed by atoms with Crippen molar-refractivity contribution < 1.29 is 8.78 Å². The van der Waals surface area contributed by atoms with E-state index in [1.165, 1.54) is 18.2 Å². The van der Waals surface area contributed by atoms with Crippen LogP contribution in [0.5, 0.6) is 0 Å². The fourth-order valence-electron chi connectivity index (χ4n) is 1.18. The summed E-state index contributed by atoms with van der Waals surface area (Å²) in [6.45, 7) is 1.92. The number of hydrogen-bond acceptors (Lipinski definition) is 1. The number of nitrogens with two attached hydrogens (primary N) is 1. The van der Waals surface area contributed by atoms with E-state index in [1.54, 1.807) is 6.92 Å². The lowest BCUT2D eigenvalue weighted by atomic mass is 10.1. The average molecular weight is 185 g/mol. The van der Waals surface area contributed by atoms with Crippen LogP contribution in [-0.4, -0.2) is 6.54 Å². The molecule has 0 fully saturated rings. The van der Waals surface area contributed by atoms with Crippen molar-refractivity contribution in [1.29, 1.82) is 0 Å². The predicted molar refractivity (Wildman–Crippen MR) is 48.7 cm³/mol. The van der Waals surface area contributed by atoms with E-state index in [4.69, 9.17) is 5.73 Å². The third-order valence-electron chi connectivity index (χ3n) is 1.96. The number of halogens is 2. The molecule has 13 heavy (non-hydrogen) atoms. The van der Waals surface area contributed by atoms with Crippen LogP contribution < -0.4 is 5.73 Å². The van der Waals surface area contributed by atoms with Crippen molar-refractivity contribution >= 4 is 0 Å². The molecule has 0 spiro atoms. The largest absolute Gasteiger partial charge is 0.330 e. The van der Waals surface area contributed by atoms with E-state index >= 15 is 0 Å². The van der Waals surface area contributed by atoms with Gasteiger partial charge in [-0.3, -0.25) is 0 Å². The van der Waals surface area contributed by atoms with Crippen LogP contribution in [0.1, 0.15) is 23.7 Å². The summed E-state index contributed by atoms with van der Waals surface area (Å²) in [5, 5.41) is 0. The third-order valence-corrected chi connectivity index (χ3v) is 1.96. The number of hydrogen-bond donors (Lipinski definition) is 1. The van der Waals surface area contributed by atoms with E-state index in [0.29, 0.717) is 17.7 Å². The van der Waals surface area contributed by atoms with Gasteiger partial charge in [-0.2, -0.15) is 0 Å². The number of aryl methyl sites for hydroxylation is 1. The van der Waals surface area contributed by atoms with Crippen LogP contribution in [0, 0.1) is 12.7 Å². The van der Waals surface area contributed by atoms with Gasteiger partial charge in [-0.15, -0.1) is 0 Å². The highest BCUT2D eigenvalue weighted by Gasteiger charge is 2.09. The second kappa shape index (κ2) is 4.33. The maximum atomic E-state index is 13.2. The summed E-state index contributed by atoms with van der Waals surface area (Å²) in [7, 11) is 0. The normalized spacial score (nSPS) is 12.9. The summed E-state index contributed by atoms with van der Waals surface area (Å²) < 4.78 is 26.0. The molecule has 1 aromatic rings. The molecule has 0 aliphatic heterocycles. The van der Waals surface area contributed by atoms with E-state index in [0.717, 1.165) is 0 Å². The van der Waals surface area contributed by atoms with Gasteiger partial charge in [0.1, 0.15) is 12.0 Å². The van der Waals surface area contributed by atoms with Gasteiger partial charge in [0, 0.05) is 0 Å². The van der Waals surface area contributed by atoms with Crippen molar-refractivity contribution in [2.45, 2.75) is 19.5 Å². The molecule has 1 aromatic carbocycles. The van der Waals surface area contributed by atoms with Crippen molar-refractivity contribution in [3.8, 4) is 0 Å². The molecule has 1 rings (SSSR count). The fraction of sp³-hybridized carbons (Fsp3) is 0.400. The minimum Gasteiger partial charge on any atom is -0.330 e. The van der Waals surface area contributed by atoms with Crippen LogP contribution in [0.15, 0.2) is 18.2 Å². The van der Waals surface area contributed by atoms with Crippen molar-refractivity contribution in [2.75, 3.05) is 6.54 Å². The Labute approximate surface area is 76.6 Å². The first kappa shape index (κ1) is 10.1. The smallest absolute Gasteiger partial charge is 0.126 e. The molecule has 0 heterocycles. The Kier molecular flexibility index (Phi) is 3.37. The Bertz CT molecular complexity index is 286. The molecule has 1 unspecified atom stereocenters. The second-order valence-corrected chi connectivity index (χ2v) is 3.05. The Morgan fingerprint density at radius 3 is 2.69 bits per heavy atom. The molecule has 0 aliphatic carbocycles. The molecular weight excluding hydrogens is 172 g/mol. The van der Waals surface area contributed by atoms with Crippen LogP contribution in [-0.2, 0) is 0 Å². The maximum Gasteiger partial charge on any atom is 0.126 e. The minimum absolute atomic E-state index is 0.283. The number of alkyl halides is 1. The summed E-state index contributed by atoms with van der Waals surface area (Å²) in [4.78, 5) is 0. The van der Waals surface area contributed by atoms with Gasteiger partial charge < -0.3 is 5.73 Å². The summed E-state index contributed by atoms with van der Waals surface area (Å²) >= 11 is 0. The van der Waals surface area contributed by atoms with E-state index in [9.17, 15) is 8.78 Å². The lowest BCUT2D eigenvalue weighted by molar-refractivity contribution is 0.327. The standard InChI is InChI=1S/C10H13F2N/c1-7-6-8(2-3-9(7)11)10(12)4-5-13/h2-3,6,10H,4-5,13H2,1H3. The first-order chi connectivity index (χ1) is 6.15. The first-order valence-electron chi connectivity index (χ1n) is 4.25. The molecule has 0 saturated carbocycles. The van der Waals surface area contributed by atoms with Gasteiger partial charge >= 0.3 is 0 Å². The zero-order valence-electron chi connectivity index (χ0n) is 7.56. The number of rotatable bonds is 3. The highest BCUT2D eigenvalue weighted by atomic mass is 19.1. The lowest BCUT2D eigenvalue weighted by Crippen LogP contribution is -2.04. The molecule has 0 aliphatic rings. The van der Waals surface area contributed by atoms with Gasteiger partial charge in [0.05, 0.1) is 0 Å². The molecule has 0 aromatic heterocycles. The van der Waals surface area contributed by atoms with E-state index in [1.807, 2.05) is 0 Å². The predicted octanol–water partition coefficient (Wildman–Crippen LogP) is 2.49. The van der Waals surface area contributed by atoms with E-state index < -0.39 is 6.17 Å². The van der Waals surface area contributed by atoms with Crippen molar-refractivity contribution in [3.05, 3.63) is 35.1 Å². The van der Waals surface area contributed by atoms with E-state index in [-0.39, 0.29) is 12.2 Å². The Hall–Kier alpha value is -0.960. The van der Waals surface area contributed by atoms with Crippen molar-refractivity contribution in [1.82, 2.24) is 0 Å². The monoisotopic (exact) mass is 185 g/mol. The fourth-order valence-corrected chi connectivity index (χ4v) is 1.18. The van der Waals surface area contributed by atoms with Crippen molar-refractivity contribution in [3.63, 3.8) is 0 Å². The highest BCUT2D eigenvalue weighted by molar-refractivity contribution is 5.25. The Balaban J connectivity index is 2.84. The molecule has 0 amide bonds. The molecule has 0 saturated heterocycles. The van der Waals surface area contributed by atoms with Crippen LogP contribution in [0.2, 0.25) is 0 Å². The molecule has 1 atom stereocenters. The minimum atomic E-state index is -1.08. The van der Waals surface area contributed by atoms with Crippen LogP contribution in [0.4, 0.5) is 8.78 Å². The summed E-state index contributed by atoms with van der Waals surface area (Å²) in [5.41, 5.74) is 6.19. The van der Waals surface area contributed by atoms with Gasteiger partial charge in [-0.1, -0.05) is 12.1 Å². The summed E-state index contributed by atoms with van der Waals surface area (Å²) in [6, 6.07) is 4.27. The molecule has 2 N–H and O–H groups in total. The van der Waals surface area contributed by atoms with Gasteiger partial charge in [-0.05, 0) is 37.1 Å². The third kappa shape index (κ3) is 2.49. The SMILES string of the molecule is Cc1cc(C(F)CCN)ccc1F. The topological polar surface area (TPSA) is 26.0 Å². The van der Waals surface area contributed by atoms with Gasteiger partial charge in [0.15, 0.2) is 0 Å². The van der Waals surface area contributed by atoms with Gasteiger partial charge in [0.2, 0.25) is 0 Å². The molecule has 0 bridgehead atoms. The molecule has 3 heteroatoms. The van der Waals surface area contributed by atoms with Crippen LogP contribution in [0.25, 0.3) is 0 Å². The van der Waals surface area contributed by atoms with Crippen LogP contribution >= 0.6 is 0 Å². The molecular formula is C10H13F2N. The van der Waals surface area contributed by atoms with E-state index in [2.05, 4.69) is 0 Å². The maximum absolute atomic E-state index is 13.2. The molecule has 1 nitrogen and oxygen atoms in total. The second-order valence-electron chi connectivity index (χ2n) is 3.05. The zero-order valence-corrected chi connectivity index (χ0v) is 7.56. The quantitative estimate of drug-likeness (QED) is 0.769. The van der Waals surface area contributed by atoms with Crippen LogP contribution in [0.3, 0.4) is 0 Å². The van der Waals surface area contributed by atoms with Gasteiger partial charge in [0.25, 0.3) is 0 Å².